The van der Waals surface area contributed by atoms with Gasteiger partial charge in [-0.15, -0.1) is 0 Å². The molecule has 6 nitrogen and oxygen atoms in total. The quantitative estimate of drug-likeness (QED) is 0.685. The van der Waals surface area contributed by atoms with Crippen LogP contribution in [0.15, 0.2) is 0 Å². The normalized spacial score (nSPS) is 25.6. The van der Waals surface area contributed by atoms with E-state index in [1.54, 1.807) is 4.90 Å². The third-order valence-electron chi connectivity index (χ3n) is 3.63. The van der Waals surface area contributed by atoms with Gasteiger partial charge in [-0.1, -0.05) is 13.8 Å². The zero-order valence-corrected chi connectivity index (χ0v) is 10.9. The topological polar surface area (TPSA) is 89.9 Å². The lowest BCUT2D eigenvalue weighted by Crippen LogP contribution is -2.51. The standard InChI is InChI=1S/C12H22N2O4/c1-8-3-5-14(7-9(8)2)12(18)13-10(4-6-15)11(16)17/h8-10,15H,3-7H2,1-2H3,(H,13,18)(H,16,17). The Kier molecular flexibility index (Phi) is 5.40. The summed E-state index contributed by atoms with van der Waals surface area (Å²) in [6.07, 6.45) is 0.965. The van der Waals surface area contributed by atoms with Crippen molar-refractivity contribution in [3.63, 3.8) is 0 Å². The lowest BCUT2D eigenvalue weighted by atomic mass is 9.89. The van der Waals surface area contributed by atoms with Crippen LogP contribution < -0.4 is 5.32 Å². The molecule has 0 bridgehead atoms. The van der Waals surface area contributed by atoms with Crippen molar-refractivity contribution < 1.29 is 19.8 Å². The number of aliphatic hydroxyl groups is 1. The van der Waals surface area contributed by atoms with E-state index in [-0.39, 0.29) is 19.1 Å². The van der Waals surface area contributed by atoms with Crippen LogP contribution in [-0.4, -0.2) is 52.9 Å². The van der Waals surface area contributed by atoms with Gasteiger partial charge < -0.3 is 20.4 Å². The molecule has 0 spiro atoms. The molecule has 1 fully saturated rings. The summed E-state index contributed by atoms with van der Waals surface area (Å²) in [6, 6.07) is -1.37. The predicted octanol–water partition coefficient (Wildman–Crippen LogP) is 0.509. The highest BCUT2D eigenvalue weighted by Gasteiger charge is 2.28. The average molecular weight is 258 g/mol. The van der Waals surface area contributed by atoms with E-state index in [0.717, 1.165) is 6.42 Å². The van der Waals surface area contributed by atoms with E-state index >= 15 is 0 Å². The Balaban J connectivity index is 2.51. The highest BCUT2D eigenvalue weighted by Crippen LogP contribution is 2.22. The number of nitrogens with one attached hydrogen (secondary N) is 1. The van der Waals surface area contributed by atoms with Gasteiger partial charge >= 0.3 is 12.0 Å². The molecule has 0 saturated carbocycles. The number of aliphatic carboxylic acids is 1. The molecule has 1 heterocycles. The maximum absolute atomic E-state index is 11.9. The van der Waals surface area contributed by atoms with E-state index in [1.165, 1.54) is 0 Å². The van der Waals surface area contributed by atoms with Crippen molar-refractivity contribution in [1.29, 1.82) is 0 Å². The van der Waals surface area contributed by atoms with Crippen molar-refractivity contribution >= 4 is 12.0 Å². The van der Waals surface area contributed by atoms with Gasteiger partial charge in [0.2, 0.25) is 0 Å². The fraction of sp³-hybridized carbons (Fsp3) is 0.833. The van der Waals surface area contributed by atoms with Crippen LogP contribution in [0.1, 0.15) is 26.7 Å². The molecule has 0 aromatic heterocycles. The van der Waals surface area contributed by atoms with Crippen molar-refractivity contribution in [3.8, 4) is 0 Å². The maximum Gasteiger partial charge on any atom is 0.326 e. The van der Waals surface area contributed by atoms with E-state index in [4.69, 9.17) is 10.2 Å². The summed E-state index contributed by atoms with van der Waals surface area (Å²) >= 11 is 0. The molecule has 0 radical (unpaired) electrons. The van der Waals surface area contributed by atoms with Gasteiger partial charge in [0.15, 0.2) is 0 Å². The first kappa shape index (κ1) is 14.8. The summed E-state index contributed by atoms with van der Waals surface area (Å²) in [7, 11) is 0. The van der Waals surface area contributed by atoms with Gasteiger partial charge in [0.25, 0.3) is 0 Å². The lowest BCUT2D eigenvalue weighted by Gasteiger charge is -2.35. The number of carboxylic acid groups (broad SMARTS) is 1. The van der Waals surface area contributed by atoms with E-state index in [0.29, 0.717) is 24.9 Å². The summed E-state index contributed by atoms with van der Waals surface area (Å²) in [5.41, 5.74) is 0. The van der Waals surface area contributed by atoms with E-state index in [2.05, 4.69) is 19.2 Å². The highest BCUT2D eigenvalue weighted by atomic mass is 16.4. The Morgan fingerprint density at radius 1 is 1.39 bits per heavy atom. The van der Waals surface area contributed by atoms with Gasteiger partial charge in [0.1, 0.15) is 6.04 Å². The van der Waals surface area contributed by atoms with Crippen molar-refractivity contribution in [2.24, 2.45) is 11.8 Å². The number of nitrogens with zero attached hydrogens (tertiary/aromatic N) is 1. The minimum atomic E-state index is -1.11. The van der Waals surface area contributed by atoms with Crippen LogP contribution in [0, 0.1) is 11.8 Å². The Bertz CT molecular complexity index is 308. The smallest absolute Gasteiger partial charge is 0.326 e. The number of hydrogen-bond donors (Lipinski definition) is 3. The molecular weight excluding hydrogens is 236 g/mol. The summed E-state index contributed by atoms with van der Waals surface area (Å²) < 4.78 is 0. The number of rotatable bonds is 4. The summed E-state index contributed by atoms with van der Waals surface area (Å²) in [4.78, 5) is 24.4. The van der Waals surface area contributed by atoms with Gasteiger partial charge in [-0.05, 0) is 18.3 Å². The van der Waals surface area contributed by atoms with Crippen LogP contribution in [0.25, 0.3) is 0 Å². The van der Waals surface area contributed by atoms with Gasteiger partial charge in [-0.25, -0.2) is 9.59 Å². The number of aliphatic hydroxyl groups excluding tert-OH is 1. The number of carboxylic acids is 1. The second-order valence-corrected chi connectivity index (χ2v) is 5.04. The molecule has 1 aliphatic rings. The highest BCUT2D eigenvalue weighted by molar-refractivity contribution is 5.82. The lowest BCUT2D eigenvalue weighted by molar-refractivity contribution is -0.139. The molecule has 1 rings (SSSR count). The molecule has 6 heteroatoms. The van der Waals surface area contributed by atoms with Gasteiger partial charge in [0, 0.05) is 26.1 Å². The first-order valence-corrected chi connectivity index (χ1v) is 6.34. The van der Waals surface area contributed by atoms with Crippen molar-refractivity contribution in [3.05, 3.63) is 0 Å². The van der Waals surface area contributed by atoms with Crippen molar-refractivity contribution in [2.75, 3.05) is 19.7 Å². The Hall–Kier alpha value is -1.30. The van der Waals surface area contributed by atoms with E-state index < -0.39 is 12.0 Å². The SMILES string of the molecule is CC1CCN(C(=O)NC(CCO)C(=O)O)CC1C. The molecular formula is C12H22N2O4. The predicted molar refractivity (Wildman–Crippen MR) is 66.2 cm³/mol. The number of hydrogen-bond acceptors (Lipinski definition) is 3. The molecule has 3 unspecified atom stereocenters. The summed E-state index contributed by atoms with van der Waals surface area (Å²) in [5.74, 6) is -0.108. The Morgan fingerprint density at radius 2 is 2.06 bits per heavy atom. The number of carbonyl (C=O) groups excluding carboxylic acids is 1. The molecule has 18 heavy (non-hydrogen) atoms. The average Bonchev–Trinajstić information content (AvgIpc) is 2.31. The molecule has 0 aromatic carbocycles. The van der Waals surface area contributed by atoms with Crippen LogP contribution in [0.4, 0.5) is 4.79 Å². The Morgan fingerprint density at radius 3 is 2.56 bits per heavy atom. The first-order valence-electron chi connectivity index (χ1n) is 6.34. The fourth-order valence-corrected chi connectivity index (χ4v) is 2.07. The van der Waals surface area contributed by atoms with E-state index in [9.17, 15) is 9.59 Å². The molecule has 104 valence electrons. The number of likely N-dealkylation sites (tertiary alicyclic amines) is 1. The van der Waals surface area contributed by atoms with Gasteiger partial charge in [-0.3, -0.25) is 0 Å². The zero-order valence-electron chi connectivity index (χ0n) is 10.9. The molecule has 2 amide bonds. The second kappa shape index (κ2) is 6.58. The molecule has 1 aliphatic heterocycles. The van der Waals surface area contributed by atoms with E-state index in [1.807, 2.05) is 0 Å². The van der Waals surface area contributed by atoms with Crippen LogP contribution >= 0.6 is 0 Å². The molecule has 3 N–H and O–H groups in total. The van der Waals surface area contributed by atoms with Crippen LogP contribution in [-0.2, 0) is 4.79 Å². The van der Waals surface area contributed by atoms with Gasteiger partial charge in [-0.2, -0.15) is 0 Å². The summed E-state index contributed by atoms with van der Waals surface area (Å²) in [6.45, 7) is 5.30. The number of amides is 2. The maximum atomic E-state index is 11.9. The minimum absolute atomic E-state index is 0.0286. The molecule has 0 aliphatic carbocycles. The van der Waals surface area contributed by atoms with Crippen LogP contribution in [0.5, 0.6) is 0 Å². The van der Waals surface area contributed by atoms with Crippen molar-refractivity contribution in [1.82, 2.24) is 10.2 Å². The monoisotopic (exact) mass is 258 g/mol. The largest absolute Gasteiger partial charge is 0.480 e. The zero-order chi connectivity index (χ0) is 13.7. The first-order chi connectivity index (χ1) is 8.45. The van der Waals surface area contributed by atoms with Gasteiger partial charge in [0.05, 0.1) is 0 Å². The summed E-state index contributed by atoms with van der Waals surface area (Å²) in [5, 5.41) is 20.1. The number of piperidine rings is 1. The third-order valence-corrected chi connectivity index (χ3v) is 3.63. The molecule has 0 aromatic rings. The van der Waals surface area contributed by atoms with Crippen LogP contribution in [0.3, 0.4) is 0 Å². The number of urea groups is 1. The Labute approximate surface area is 107 Å². The second-order valence-electron chi connectivity index (χ2n) is 5.04. The molecule has 1 saturated heterocycles. The number of carbonyl (C=O) groups is 2. The molecule has 3 atom stereocenters. The third kappa shape index (κ3) is 3.87. The van der Waals surface area contributed by atoms with Crippen molar-refractivity contribution in [2.45, 2.75) is 32.7 Å². The minimum Gasteiger partial charge on any atom is -0.480 e. The fourth-order valence-electron chi connectivity index (χ4n) is 2.07. The van der Waals surface area contributed by atoms with Crippen LogP contribution in [0.2, 0.25) is 0 Å².